The maximum absolute atomic E-state index is 11.6. The number of anilines is 1. The highest BCUT2D eigenvalue weighted by Gasteiger charge is 2.29. The van der Waals surface area contributed by atoms with Gasteiger partial charge in [-0.25, -0.2) is 0 Å². The van der Waals surface area contributed by atoms with Crippen molar-refractivity contribution in [2.75, 3.05) is 25.0 Å². The Morgan fingerprint density at radius 2 is 2.04 bits per heavy atom. The number of amides is 1. The molecule has 1 unspecified atom stereocenters. The first-order chi connectivity index (χ1) is 11.3. The Balaban J connectivity index is 1.35. The molecule has 2 heterocycles. The van der Waals surface area contributed by atoms with Crippen LogP contribution in [0.15, 0.2) is 12.1 Å². The van der Waals surface area contributed by atoms with Crippen molar-refractivity contribution in [1.82, 2.24) is 5.32 Å². The van der Waals surface area contributed by atoms with E-state index in [9.17, 15) is 4.79 Å². The van der Waals surface area contributed by atoms with E-state index in [0.717, 1.165) is 41.8 Å². The van der Waals surface area contributed by atoms with Gasteiger partial charge in [-0.2, -0.15) is 0 Å². The van der Waals surface area contributed by atoms with E-state index in [4.69, 9.17) is 9.47 Å². The zero-order valence-corrected chi connectivity index (χ0v) is 13.4. The van der Waals surface area contributed by atoms with Gasteiger partial charge in [-0.1, -0.05) is 19.3 Å². The normalized spacial score (nSPS) is 23.5. The molecule has 124 valence electrons. The van der Waals surface area contributed by atoms with Crippen molar-refractivity contribution in [3.05, 3.63) is 17.7 Å². The quantitative estimate of drug-likeness (QED) is 0.896. The third kappa shape index (κ3) is 3.15. The van der Waals surface area contributed by atoms with E-state index in [1.54, 1.807) is 0 Å². The number of hydrogen-bond donors (Lipinski definition) is 2. The van der Waals surface area contributed by atoms with Crippen molar-refractivity contribution in [3.8, 4) is 11.5 Å². The van der Waals surface area contributed by atoms with Crippen LogP contribution >= 0.6 is 0 Å². The monoisotopic (exact) mass is 316 g/mol. The van der Waals surface area contributed by atoms with Crippen LogP contribution in [0.5, 0.6) is 11.5 Å². The zero-order valence-electron chi connectivity index (χ0n) is 13.4. The minimum atomic E-state index is 0.00768. The van der Waals surface area contributed by atoms with Crippen LogP contribution in [0.1, 0.15) is 37.7 Å². The summed E-state index contributed by atoms with van der Waals surface area (Å²) in [5.74, 6) is 2.33. The highest BCUT2D eigenvalue weighted by atomic mass is 16.6. The number of ether oxygens (including phenoxy) is 2. The fourth-order valence-electron chi connectivity index (χ4n) is 3.82. The molecule has 0 aromatic heterocycles. The molecular weight excluding hydrogens is 292 g/mol. The third-order valence-corrected chi connectivity index (χ3v) is 5.07. The second kappa shape index (κ2) is 6.40. The van der Waals surface area contributed by atoms with E-state index in [1.807, 2.05) is 12.1 Å². The van der Waals surface area contributed by atoms with Crippen LogP contribution in [0.2, 0.25) is 0 Å². The molecule has 0 bridgehead atoms. The van der Waals surface area contributed by atoms with E-state index < -0.39 is 0 Å². The van der Waals surface area contributed by atoms with Gasteiger partial charge < -0.3 is 20.1 Å². The maximum Gasteiger partial charge on any atom is 0.229 e. The molecule has 3 aliphatic rings. The lowest BCUT2D eigenvalue weighted by molar-refractivity contribution is -0.115. The van der Waals surface area contributed by atoms with Gasteiger partial charge in [-0.3, -0.25) is 4.79 Å². The summed E-state index contributed by atoms with van der Waals surface area (Å²) < 4.78 is 12.0. The Hall–Kier alpha value is -1.75. The van der Waals surface area contributed by atoms with Gasteiger partial charge in [0.25, 0.3) is 0 Å². The van der Waals surface area contributed by atoms with E-state index in [-0.39, 0.29) is 12.0 Å². The zero-order chi connectivity index (χ0) is 15.6. The third-order valence-electron chi connectivity index (χ3n) is 5.07. The molecular formula is C18H24N2O3. The second-order valence-corrected chi connectivity index (χ2v) is 6.86. The summed E-state index contributed by atoms with van der Waals surface area (Å²) in [6, 6.07) is 3.77. The average Bonchev–Trinajstić information content (AvgIpc) is 2.97. The summed E-state index contributed by atoms with van der Waals surface area (Å²) in [5.41, 5.74) is 1.79. The van der Waals surface area contributed by atoms with Gasteiger partial charge in [0.1, 0.15) is 12.7 Å². The summed E-state index contributed by atoms with van der Waals surface area (Å²) in [6.07, 6.45) is 7.21. The molecule has 2 aliphatic heterocycles. The van der Waals surface area contributed by atoms with Crippen LogP contribution < -0.4 is 20.1 Å². The minimum absolute atomic E-state index is 0.00768. The van der Waals surface area contributed by atoms with Crippen molar-refractivity contribution in [1.29, 1.82) is 0 Å². The molecule has 1 aromatic carbocycles. The standard InChI is InChI=1S/C18H24N2O3/c21-17-8-14-15(20-17)6-7-16-18(14)23-13(11-22-16)10-19-9-12-4-2-1-3-5-12/h6-7,12-13,19H,1-5,8-11H2,(H,20,21). The SMILES string of the molecule is O=C1Cc2c(ccc3c2OC(CNCC2CCCCC2)CO3)N1. The summed E-state index contributed by atoms with van der Waals surface area (Å²) in [4.78, 5) is 11.6. The first kappa shape index (κ1) is 14.8. The van der Waals surface area contributed by atoms with E-state index in [2.05, 4.69) is 10.6 Å². The molecule has 23 heavy (non-hydrogen) atoms. The highest BCUT2D eigenvalue weighted by molar-refractivity contribution is 6.00. The number of carbonyl (C=O) groups is 1. The molecule has 5 heteroatoms. The Kier molecular flexibility index (Phi) is 4.12. The molecule has 1 fully saturated rings. The molecule has 1 atom stereocenters. The Morgan fingerprint density at radius 3 is 2.91 bits per heavy atom. The predicted molar refractivity (Wildman–Crippen MR) is 88.1 cm³/mol. The summed E-state index contributed by atoms with van der Waals surface area (Å²) in [5, 5.41) is 6.40. The second-order valence-electron chi connectivity index (χ2n) is 6.86. The van der Waals surface area contributed by atoms with Crippen molar-refractivity contribution >= 4 is 11.6 Å². The van der Waals surface area contributed by atoms with E-state index >= 15 is 0 Å². The molecule has 1 saturated carbocycles. The predicted octanol–water partition coefficient (Wildman–Crippen LogP) is 2.49. The first-order valence-corrected chi connectivity index (χ1v) is 8.75. The molecule has 0 saturated heterocycles. The molecule has 0 spiro atoms. The summed E-state index contributed by atoms with van der Waals surface area (Å²) in [7, 11) is 0. The summed E-state index contributed by atoms with van der Waals surface area (Å²) >= 11 is 0. The van der Waals surface area contributed by atoms with Gasteiger partial charge in [-0.15, -0.1) is 0 Å². The largest absolute Gasteiger partial charge is 0.486 e. The number of nitrogens with one attached hydrogen (secondary N) is 2. The van der Waals surface area contributed by atoms with Crippen LogP contribution in [0.25, 0.3) is 0 Å². The van der Waals surface area contributed by atoms with Crippen LogP contribution in [0, 0.1) is 5.92 Å². The summed E-state index contributed by atoms with van der Waals surface area (Å²) in [6.45, 7) is 2.42. The Bertz CT molecular complexity index is 596. The van der Waals surface area contributed by atoms with Crippen LogP contribution in [0.3, 0.4) is 0 Å². The van der Waals surface area contributed by atoms with Crippen LogP contribution in [0.4, 0.5) is 5.69 Å². The molecule has 1 amide bonds. The number of fused-ring (bicyclic) bond motifs is 3. The van der Waals surface area contributed by atoms with Gasteiger partial charge in [0.2, 0.25) is 5.91 Å². The Labute approximate surface area is 136 Å². The number of benzene rings is 1. The Morgan fingerprint density at radius 1 is 1.17 bits per heavy atom. The lowest BCUT2D eigenvalue weighted by Gasteiger charge is -2.29. The van der Waals surface area contributed by atoms with Crippen molar-refractivity contribution in [2.24, 2.45) is 5.92 Å². The minimum Gasteiger partial charge on any atom is -0.486 e. The molecule has 0 radical (unpaired) electrons. The van der Waals surface area contributed by atoms with Crippen molar-refractivity contribution in [3.63, 3.8) is 0 Å². The first-order valence-electron chi connectivity index (χ1n) is 8.75. The van der Waals surface area contributed by atoms with Gasteiger partial charge in [-0.05, 0) is 37.4 Å². The molecule has 4 rings (SSSR count). The number of carbonyl (C=O) groups excluding carboxylic acids is 1. The van der Waals surface area contributed by atoms with Gasteiger partial charge in [0.15, 0.2) is 11.5 Å². The lowest BCUT2D eigenvalue weighted by Crippen LogP contribution is -2.40. The fraction of sp³-hybridized carbons (Fsp3) is 0.611. The van der Waals surface area contributed by atoms with Gasteiger partial charge in [0, 0.05) is 17.8 Å². The lowest BCUT2D eigenvalue weighted by atomic mass is 9.89. The molecule has 2 N–H and O–H groups in total. The highest BCUT2D eigenvalue weighted by Crippen LogP contribution is 2.41. The van der Waals surface area contributed by atoms with Crippen molar-refractivity contribution in [2.45, 2.75) is 44.6 Å². The molecule has 1 aliphatic carbocycles. The topological polar surface area (TPSA) is 59.6 Å². The van der Waals surface area contributed by atoms with E-state index in [0.29, 0.717) is 13.0 Å². The van der Waals surface area contributed by atoms with Gasteiger partial charge in [0.05, 0.1) is 6.42 Å². The van der Waals surface area contributed by atoms with Crippen LogP contribution in [-0.2, 0) is 11.2 Å². The van der Waals surface area contributed by atoms with Gasteiger partial charge >= 0.3 is 0 Å². The van der Waals surface area contributed by atoms with Crippen molar-refractivity contribution < 1.29 is 14.3 Å². The number of rotatable bonds is 4. The molecule has 5 nitrogen and oxygen atoms in total. The molecule has 1 aromatic rings. The number of hydrogen-bond acceptors (Lipinski definition) is 4. The smallest absolute Gasteiger partial charge is 0.229 e. The average molecular weight is 316 g/mol. The fourth-order valence-corrected chi connectivity index (χ4v) is 3.82. The maximum atomic E-state index is 11.6. The van der Waals surface area contributed by atoms with Crippen LogP contribution in [-0.4, -0.2) is 31.7 Å². The van der Waals surface area contributed by atoms with E-state index in [1.165, 1.54) is 32.1 Å².